The van der Waals surface area contributed by atoms with Gasteiger partial charge in [0.15, 0.2) is 0 Å². The topological polar surface area (TPSA) is 50.1 Å². The molecule has 1 unspecified atom stereocenters. The molecule has 98 valence electrons. The van der Waals surface area contributed by atoms with Crippen LogP contribution in [0.3, 0.4) is 0 Å². The van der Waals surface area contributed by atoms with Gasteiger partial charge in [-0.2, -0.15) is 5.10 Å². The highest BCUT2D eigenvalue weighted by Crippen LogP contribution is 2.14. The van der Waals surface area contributed by atoms with Gasteiger partial charge in [0.05, 0.1) is 17.8 Å². The third kappa shape index (κ3) is 5.06. The monoisotopic (exact) mass is 259 g/mol. The number of unbranched alkanes of at least 4 members (excludes halogenated alkanes) is 1. The van der Waals surface area contributed by atoms with E-state index >= 15 is 0 Å². The van der Waals surface area contributed by atoms with Crippen molar-refractivity contribution in [2.45, 2.75) is 45.2 Å². The molecule has 0 saturated carbocycles. The van der Waals surface area contributed by atoms with Crippen LogP contribution in [0.5, 0.6) is 0 Å². The summed E-state index contributed by atoms with van der Waals surface area (Å²) in [6.45, 7) is 6.04. The minimum atomic E-state index is -0.156. The fourth-order valence-corrected chi connectivity index (χ4v) is 2.06. The zero-order valence-corrected chi connectivity index (χ0v) is 11.4. The van der Waals surface area contributed by atoms with Crippen molar-refractivity contribution in [2.75, 3.05) is 13.2 Å². The van der Waals surface area contributed by atoms with Gasteiger partial charge in [0.25, 0.3) is 0 Å². The molecule has 0 fully saturated rings. The van der Waals surface area contributed by atoms with Crippen molar-refractivity contribution in [2.24, 2.45) is 0 Å². The van der Waals surface area contributed by atoms with E-state index in [-0.39, 0.29) is 12.1 Å². The zero-order chi connectivity index (χ0) is 12.7. The summed E-state index contributed by atoms with van der Waals surface area (Å²) < 4.78 is 1.85. The minimum absolute atomic E-state index is 0.156. The van der Waals surface area contributed by atoms with E-state index in [0.29, 0.717) is 5.02 Å². The number of aryl methyl sites for hydroxylation is 1. The average molecular weight is 260 g/mol. The highest BCUT2D eigenvalue weighted by molar-refractivity contribution is 6.30. The minimum Gasteiger partial charge on any atom is -0.394 e. The van der Waals surface area contributed by atoms with Crippen LogP contribution in [-0.2, 0) is 6.54 Å². The van der Waals surface area contributed by atoms with Crippen molar-refractivity contribution >= 4 is 11.6 Å². The molecule has 0 bridgehead atoms. The number of nitrogens with one attached hydrogen (secondary N) is 1. The first-order chi connectivity index (χ1) is 8.09. The maximum absolute atomic E-state index is 9.34. The second-order valence-corrected chi connectivity index (χ2v) is 5.06. The van der Waals surface area contributed by atoms with E-state index < -0.39 is 0 Å². The summed E-state index contributed by atoms with van der Waals surface area (Å²) in [6.07, 6.45) is 6.54. The molecule has 1 aromatic heterocycles. The van der Waals surface area contributed by atoms with Gasteiger partial charge in [-0.15, -0.1) is 0 Å². The molecule has 0 spiro atoms. The molecule has 0 aliphatic carbocycles. The molecule has 0 aromatic carbocycles. The number of likely N-dealkylation sites (N-methyl/N-ethyl adjacent to an activating group) is 1. The second kappa shape index (κ2) is 6.99. The summed E-state index contributed by atoms with van der Waals surface area (Å²) in [5, 5.41) is 17.5. The largest absolute Gasteiger partial charge is 0.394 e. The summed E-state index contributed by atoms with van der Waals surface area (Å²) in [6, 6.07) is 0. The quantitative estimate of drug-likeness (QED) is 0.703. The molecule has 5 heteroatoms. The van der Waals surface area contributed by atoms with Gasteiger partial charge in [-0.25, -0.2) is 0 Å². The number of hydrogen-bond donors (Lipinski definition) is 2. The van der Waals surface area contributed by atoms with Crippen LogP contribution in [0.2, 0.25) is 5.02 Å². The van der Waals surface area contributed by atoms with Crippen LogP contribution in [0, 0.1) is 0 Å². The Balaban J connectivity index is 2.23. The highest BCUT2D eigenvalue weighted by atomic mass is 35.5. The molecule has 0 aliphatic rings. The first-order valence-electron chi connectivity index (χ1n) is 6.13. The van der Waals surface area contributed by atoms with E-state index in [0.717, 1.165) is 32.4 Å². The molecular weight excluding hydrogens is 238 g/mol. The molecule has 1 heterocycles. The van der Waals surface area contributed by atoms with Gasteiger partial charge in [-0.1, -0.05) is 18.5 Å². The lowest BCUT2D eigenvalue weighted by molar-refractivity contribution is 0.164. The number of nitrogens with zero attached hydrogens (tertiary/aromatic N) is 2. The first kappa shape index (κ1) is 14.5. The van der Waals surface area contributed by atoms with E-state index in [1.54, 1.807) is 6.20 Å². The van der Waals surface area contributed by atoms with Crippen LogP contribution in [0.15, 0.2) is 12.4 Å². The Labute approximate surface area is 108 Å². The predicted molar refractivity (Wildman–Crippen MR) is 70.3 cm³/mol. The molecule has 0 amide bonds. The SMILES string of the molecule is CCNC(C)(CO)CCCCn1cc(Cl)cn1. The lowest BCUT2D eigenvalue weighted by atomic mass is 9.96. The van der Waals surface area contributed by atoms with E-state index in [1.807, 2.05) is 10.9 Å². The molecule has 1 aromatic rings. The van der Waals surface area contributed by atoms with Gasteiger partial charge in [0.2, 0.25) is 0 Å². The number of aliphatic hydroxyl groups is 1. The van der Waals surface area contributed by atoms with Crippen molar-refractivity contribution < 1.29 is 5.11 Å². The number of rotatable bonds is 8. The molecule has 0 saturated heterocycles. The van der Waals surface area contributed by atoms with E-state index in [1.165, 1.54) is 0 Å². The van der Waals surface area contributed by atoms with Gasteiger partial charge >= 0.3 is 0 Å². The Kier molecular flexibility index (Phi) is 5.95. The third-order valence-corrected chi connectivity index (χ3v) is 3.12. The van der Waals surface area contributed by atoms with Crippen LogP contribution in [0.4, 0.5) is 0 Å². The van der Waals surface area contributed by atoms with E-state index in [4.69, 9.17) is 11.6 Å². The van der Waals surface area contributed by atoms with Crippen molar-refractivity contribution in [1.29, 1.82) is 0 Å². The smallest absolute Gasteiger partial charge is 0.0785 e. The fraction of sp³-hybridized carbons (Fsp3) is 0.750. The standard InChI is InChI=1S/C12H22ClN3O/c1-3-14-12(2,10-17)6-4-5-7-16-9-11(13)8-15-16/h8-9,14,17H,3-7,10H2,1-2H3. The Morgan fingerprint density at radius 1 is 1.53 bits per heavy atom. The molecule has 4 nitrogen and oxygen atoms in total. The van der Waals surface area contributed by atoms with Gasteiger partial charge in [-0.3, -0.25) is 4.68 Å². The maximum atomic E-state index is 9.34. The van der Waals surface area contributed by atoms with Crippen LogP contribution in [0.1, 0.15) is 33.1 Å². The number of aliphatic hydroxyl groups excluding tert-OH is 1. The van der Waals surface area contributed by atoms with Crippen molar-refractivity contribution in [3.8, 4) is 0 Å². The van der Waals surface area contributed by atoms with Crippen LogP contribution in [-0.4, -0.2) is 33.6 Å². The molecule has 1 rings (SSSR count). The Morgan fingerprint density at radius 2 is 2.29 bits per heavy atom. The van der Waals surface area contributed by atoms with E-state index in [9.17, 15) is 5.11 Å². The molecule has 0 radical (unpaired) electrons. The van der Waals surface area contributed by atoms with Crippen LogP contribution >= 0.6 is 11.6 Å². The normalized spacial score (nSPS) is 14.8. The van der Waals surface area contributed by atoms with Crippen molar-refractivity contribution in [1.82, 2.24) is 15.1 Å². The average Bonchev–Trinajstić information content (AvgIpc) is 2.71. The first-order valence-corrected chi connectivity index (χ1v) is 6.51. The number of aromatic nitrogens is 2. The van der Waals surface area contributed by atoms with Crippen LogP contribution < -0.4 is 5.32 Å². The predicted octanol–water partition coefficient (Wildman–Crippen LogP) is 2.07. The highest BCUT2D eigenvalue weighted by Gasteiger charge is 2.20. The summed E-state index contributed by atoms with van der Waals surface area (Å²) in [5.74, 6) is 0. The lowest BCUT2D eigenvalue weighted by Gasteiger charge is -2.28. The summed E-state index contributed by atoms with van der Waals surface area (Å²) in [7, 11) is 0. The number of hydrogen-bond acceptors (Lipinski definition) is 3. The Hall–Kier alpha value is -0.580. The molecule has 2 N–H and O–H groups in total. The molecule has 17 heavy (non-hydrogen) atoms. The molecular formula is C12H22ClN3O. The Morgan fingerprint density at radius 3 is 2.82 bits per heavy atom. The van der Waals surface area contributed by atoms with Crippen molar-refractivity contribution in [3.63, 3.8) is 0 Å². The maximum Gasteiger partial charge on any atom is 0.0785 e. The van der Waals surface area contributed by atoms with E-state index in [2.05, 4.69) is 24.3 Å². The van der Waals surface area contributed by atoms with Gasteiger partial charge < -0.3 is 10.4 Å². The summed E-state index contributed by atoms with van der Waals surface area (Å²) in [4.78, 5) is 0. The summed E-state index contributed by atoms with van der Waals surface area (Å²) >= 11 is 5.78. The summed E-state index contributed by atoms with van der Waals surface area (Å²) in [5.41, 5.74) is -0.156. The Bertz CT molecular complexity index is 329. The van der Waals surface area contributed by atoms with Crippen LogP contribution in [0.25, 0.3) is 0 Å². The third-order valence-electron chi connectivity index (χ3n) is 2.92. The molecule has 0 aliphatic heterocycles. The fourth-order valence-electron chi connectivity index (χ4n) is 1.90. The van der Waals surface area contributed by atoms with Gasteiger partial charge in [0, 0.05) is 18.3 Å². The lowest BCUT2D eigenvalue weighted by Crippen LogP contribution is -2.45. The van der Waals surface area contributed by atoms with Gasteiger partial charge in [0.1, 0.15) is 0 Å². The van der Waals surface area contributed by atoms with Crippen molar-refractivity contribution in [3.05, 3.63) is 17.4 Å². The van der Waals surface area contributed by atoms with Gasteiger partial charge in [-0.05, 0) is 32.7 Å². The zero-order valence-electron chi connectivity index (χ0n) is 10.6. The molecule has 1 atom stereocenters. The number of halogens is 1. The second-order valence-electron chi connectivity index (χ2n) is 4.63.